The van der Waals surface area contributed by atoms with Gasteiger partial charge in [0.1, 0.15) is 12.4 Å². The highest BCUT2D eigenvalue weighted by Crippen LogP contribution is 2.36. The van der Waals surface area contributed by atoms with Gasteiger partial charge in [0, 0.05) is 27.8 Å². The number of hydrogen-bond acceptors (Lipinski definition) is 2. The van der Waals surface area contributed by atoms with Crippen LogP contribution in [0.5, 0.6) is 5.75 Å². The lowest BCUT2D eigenvalue weighted by Crippen LogP contribution is -2.03. The Labute approximate surface area is 186 Å². The molecule has 0 bridgehead atoms. The van der Waals surface area contributed by atoms with Crippen LogP contribution < -0.4 is 10.1 Å². The third kappa shape index (κ3) is 5.20. The van der Waals surface area contributed by atoms with Gasteiger partial charge in [-0.2, -0.15) is 0 Å². The standard InChI is InChI=1S/C21H17Br2Cl2NO/c1-13-18(24)7-4-8-20(13)26-11-14-9-16(22)21(17(23)10-14)27-12-15-5-2-3-6-19(15)25/h2-10,26H,11-12H2,1H3. The highest BCUT2D eigenvalue weighted by Gasteiger charge is 2.11. The second-order valence-electron chi connectivity index (χ2n) is 6.03. The molecule has 0 heterocycles. The average Bonchev–Trinajstić information content (AvgIpc) is 2.63. The van der Waals surface area contributed by atoms with E-state index < -0.39 is 0 Å². The van der Waals surface area contributed by atoms with Crippen molar-refractivity contribution < 1.29 is 4.74 Å². The van der Waals surface area contributed by atoms with Gasteiger partial charge in [0.15, 0.2) is 0 Å². The van der Waals surface area contributed by atoms with Crippen LogP contribution >= 0.6 is 55.1 Å². The SMILES string of the molecule is Cc1c(Cl)cccc1NCc1cc(Br)c(OCc2ccccc2Cl)c(Br)c1. The first-order chi connectivity index (χ1) is 13.0. The maximum Gasteiger partial charge on any atom is 0.148 e. The topological polar surface area (TPSA) is 21.3 Å². The fourth-order valence-corrected chi connectivity index (χ4v) is 4.49. The molecule has 140 valence electrons. The average molecular weight is 530 g/mol. The van der Waals surface area contributed by atoms with Gasteiger partial charge in [-0.1, -0.05) is 47.5 Å². The molecule has 27 heavy (non-hydrogen) atoms. The van der Waals surface area contributed by atoms with Crippen molar-refractivity contribution in [3.05, 3.63) is 90.3 Å². The molecule has 0 spiro atoms. The lowest BCUT2D eigenvalue weighted by atomic mass is 10.1. The number of ether oxygens (including phenoxy) is 1. The van der Waals surface area contributed by atoms with Crippen molar-refractivity contribution in [3.63, 3.8) is 0 Å². The van der Waals surface area contributed by atoms with Crippen molar-refractivity contribution in [1.82, 2.24) is 0 Å². The largest absolute Gasteiger partial charge is 0.486 e. The molecule has 0 amide bonds. The van der Waals surface area contributed by atoms with Gasteiger partial charge >= 0.3 is 0 Å². The van der Waals surface area contributed by atoms with E-state index in [4.69, 9.17) is 27.9 Å². The molecule has 3 aromatic rings. The highest BCUT2D eigenvalue weighted by atomic mass is 79.9. The summed E-state index contributed by atoms with van der Waals surface area (Å²) in [4.78, 5) is 0. The second-order valence-corrected chi connectivity index (χ2v) is 8.56. The Kier molecular flexibility index (Phi) is 7.10. The Morgan fingerprint density at radius 3 is 2.30 bits per heavy atom. The van der Waals surface area contributed by atoms with E-state index in [2.05, 4.69) is 37.2 Å². The molecule has 6 heteroatoms. The number of nitrogens with one attached hydrogen (secondary N) is 1. The van der Waals surface area contributed by atoms with E-state index in [1.165, 1.54) is 0 Å². The van der Waals surface area contributed by atoms with E-state index in [1.54, 1.807) is 0 Å². The van der Waals surface area contributed by atoms with Crippen LogP contribution in [-0.4, -0.2) is 0 Å². The maximum absolute atomic E-state index is 6.20. The monoisotopic (exact) mass is 527 g/mol. The Balaban J connectivity index is 1.71. The first kappa shape index (κ1) is 20.5. The number of benzene rings is 3. The van der Waals surface area contributed by atoms with Crippen LogP contribution in [0.4, 0.5) is 5.69 Å². The van der Waals surface area contributed by atoms with E-state index in [-0.39, 0.29) is 0 Å². The lowest BCUT2D eigenvalue weighted by Gasteiger charge is -2.15. The van der Waals surface area contributed by atoms with Gasteiger partial charge in [-0.05, 0) is 80.2 Å². The first-order valence-electron chi connectivity index (χ1n) is 8.29. The summed E-state index contributed by atoms with van der Waals surface area (Å²) >= 11 is 19.6. The fourth-order valence-electron chi connectivity index (χ4n) is 2.61. The summed E-state index contributed by atoms with van der Waals surface area (Å²) in [6.07, 6.45) is 0. The molecule has 0 fully saturated rings. The van der Waals surface area contributed by atoms with E-state index in [0.29, 0.717) is 18.2 Å². The molecule has 0 aliphatic carbocycles. The predicted octanol–water partition coefficient (Wildman–Crippen LogP) is 8.02. The molecule has 1 N–H and O–H groups in total. The summed E-state index contributed by atoms with van der Waals surface area (Å²) in [7, 11) is 0. The van der Waals surface area contributed by atoms with Crippen molar-refractivity contribution in [2.24, 2.45) is 0 Å². The molecule has 3 rings (SSSR count). The molecule has 2 nitrogen and oxygen atoms in total. The summed E-state index contributed by atoms with van der Waals surface area (Å²) in [6, 6.07) is 17.6. The van der Waals surface area contributed by atoms with E-state index in [9.17, 15) is 0 Å². The minimum Gasteiger partial charge on any atom is -0.486 e. The Bertz CT molecular complexity index is 940. The Hall–Kier alpha value is -1.20. The van der Waals surface area contributed by atoms with Gasteiger partial charge in [0.25, 0.3) is 0 Å². The summed E-state index contributed by atoms with van der Waals surface area (Å²) in [5.74, 6) is 0.748. The zero-order valence-electron chi connectivity index (χ0n) is 14.5. The number of rotatable bonds is 6. The van der Waals surface area contributed by atoms with Gasteiger partial charge in [-0.25, -0.2) is 0 Å². The van der Waals surface area contributed by atoms with E-state index in [1.807, 2.05) is 61.5 Å². The molecule has 3 aromatic carbocycles. The van der Waals surface area contributed by atoms with Gasteiger partial charge < -0.3 is 10.1 Å². The first-order valence-corrected chi connectivity index (χ1v) is 10.6. The fraction of sp³-hybridized carbons (Fsp3) is 0.143. The smallest absolute Gasteiger partial charge is 0.148 e. The predicted molar refractivity (Wildman–Crippen MR) is 121 cm³/mol. The second kappa shape index (κ2) is 9.33. The third-order valence-electron chi connectivity index (χ3n) is 4.14. The van der Waals surface area contributed by atoms with Crippen LogP contribution in [0.2, 0.25) is 10.0 Å². The normalized spacial score (nSPS) is 10.7. The van der Waals surface area contributed by atoms with E-state index in [0.717, 1.165) is 42.1 Å². The number of hydrogen-bond donors (Lipinski definition) is 1. The number of halogens is 4. The van der Waals surface area contributed by atoms with Crippen LogP contribution in [0.25, 0.3) is 0 Å². The Morgan fingerprint density at radius 1 is 0.926 bits per heavy atom. The van der Waals surface area contributed by atoms with Crippen LogP contribution in [0.15, 0.2) is 63.5 Å². The van der Waals surface area contributed by atoms with Crippen LogP contribution in [0.1, 0.15) is 16.7 Å². The third-order valence-corrected chi connectivity index (χ3v) is 6.09. The molecule has 0 radical (unpaired) electrons. The Morgan fingerprint density at radius 2 is 1.59 bits per heavy atom. The highest BCUT2D eigenvalue weighted by molar-refractivity contribution is 9.11. The summed E-state index contributed by atoms with van der Waals surface area (Å²) in [6.45, 7) is 3.07. The zero-order chi connectivity index (χ0) is 19.4. The van der Waals surface area contributed by atoms with Gasteiger partial charge in [-0.15, -0.1) is 0 Å². The van der Waals surface area contributed by atoms with Crippen LogP contribution in [0.3, 0.4) is 0 Å². The van der Waals surface area contributed by atoms with Gasteiger partial charge in [-0.3, -0.25) is 0 Å². The summed E-state index contributed by atoms with van der Waals surface area (Å²) in [5, 5.41) is 4.88. The van der Waals surface area contributed by atoms with Crippen molar-refractivity contribution >= 4 is 60.7 Å². The summed E-state index contributed by atoms with van der Waals surface area (Å²) in [5.41, 5.74) is 4.11. The number of anilines is 1. The lowest BCUT2D eigenvalue weighted by molar-refractivity contribution is 0.302. The van der Waals surface area contributed by atoms with Crippen LogP contribution in [0, 0.1) is 6.92 Å². The molecular weight excluding hydrogens is 513 g/mol. The van der Waals surface area contributed by atoms with Crippen molar-refractivity contribution in [2.75, 3.05) is 5.32 Å². The van der Waals surface area contributed by atoms with Crippen LogP contribution in [-0.2, 0) is 13.2 Å². The molecule has 0 aromatic heterocycles. The molecule has 0 aliphatic rings. The zero-order valence-corrected chi connectivity index (χ0v) is 19.2. The van der Waals surface area contributed by atoms with Crippen molar-refractivity contribution in [3.8, 4) is 5.75 Å². The summed E-state index contributed by atoms with van der Waals surface area (Å²) < 4.78 is 7.73. The molecule has 0 aliphatic heterocycles. The van der Waals surface area contributed by atoms with E-state index >= 15 is 0 Å². The van der Waals surface area contributed by atoms with Crippen molar-refractivity contribution in [1.29, 1.82) is 0 Å². The minimum absolute atomic E-state index is 0.399. The quantitative estimate of drug-likeness (QED) is 0.349. The van der Waals surface area contributed by atoms with Gasteiger partial charge in [0.2, 0.25) is 0 Å². The minimum atomic E-state index is 0.399. The molecule has 0 unspecified atom stereocenters. The van der Waals surface area contributed by atoms with Gasteiger partial charge in [0.05, 0.1) is 8.95 Å². The molecular formula is C21H17Br2Cl2NO. The molecule has 0 saturated carbocycles. The van der Waals surface area contributed by atoms with Crippen molar-refractivity contribution in [2.45, 2.75) is 20.1 Å². The maximum atomic E-state index is 6.20. The molecule has 0 saturated heterocycles. The molecule has 0 atom stereocenters.